The number of carbonyl (C=O) groups is 2. The van der Waals surface area contributed by atoms with Crippen LogP contribution in [0, 0.1) is 6.92 Å². The number of hydrazine groups is 1. The zero-order chi connectivity index (χ0) is 26.9. The van der Waals surface area contributed by atoms with Crippen LogP contribution in [0.3, 0.4) is 0 Å². The molecule has 3 amide bonds. The number of thiophene rings is 1. The number of fused-ring (bicyclic) bond motifs is 1. The summed E-state index contributed by atoms with van der Waals surface area (Å²) in [6.07, 6.45) is -5.81. The minimum Gasteiger partial charge on any atom is -0.443 e. The largest absolute Gasteiger partial charge is 0.443 e. The van der Waals surface area contributed by atoms with Gasteiger partial charge in [-0.1, -0.05) is 0 Å². The number of hydrogen-bond acceptors (Lipinski definition) is 7. The molecule has 0 aliphatic heterocycles. The molecule has 0 fully saturated rings. The maximum atomic E-state index is 13.4. The van der Waals surface area contributed by atoms with Gasteiger partial charge in [0.25, 0.3) is 5.56 Å². The Labute approximate surface area is 202 Å². The number of rotatable bonds is 6. The molecule has 0 bridgehead atoms. The van der Waals surface area contributed by atoms with Crippen molar-refractivity contribution in [1.82, 2.24) is 19.6 Å². The van der Waals surface area contributed by atoms with E-state index in [-0.39, 0.29) is 40.0 Å². The summed E-state index contributed by atoms with van der Waals surface area (Å²) < 4.78 is 51.6. The van der Waals surface area contributed by atoms with E-state index in [0.717, 1.165) is 27.8 Å². The lowest BCUT2D eigenvalue weighted by atomic mass is 10.2. The molecule has 2 heterocycles. The molecule has 2 aromatic heterocycles. The number of methoxy groups -OCH3 is 1. The van der Waals surface area contributed by atoms with E-state index in [0.29, 0.717) is 4.88 Å². The van der Waals surface area contributed by atoms with Crippen LogP contribution in [0.1, 0.15) is 44.2 Å². The summed E-state index contributed by atoms with van der Waals surface area (Å²) in [5.41, 5.74) is 4.68. The van der Waals surface area contributed by atoms with Crippen molar-refractivity contribution in [3.63, 3.8) is 0 Å². The van der Waals surface area contributed by atoms with Crippen molar-refractivity contribution < 1.29 is 32.2 Å². The zero-order valence-corrected chi connectivity index (χ0v) is 20.9. The first-order valence-corrected chi connectivity index (χ1v) is 11.2. The van der Waals surface area contributed by atoms with Crippen molar-refractivity contribution in [2.75, 3.05) is 13.7 Å². The third-order valence-electron chi connectivity index (χ3n) is 4.91. The van der Waals surface area contributed by atoms with Gasteiger partial charge < -0.3 is 15.2 Å². The first kappa shape index (κ1) is 28.2. The Morgan fingerprint density at radius 2 is 1.83 bits per heavy atom. The van der Waals surface area contributed by atoms with Crippen LogP contribution in [0.2, 0.25) is 0 Å². The van der Waals surface area contributed by atoms with E-state index in [1.165, 1.54) is 14.0 Å². The van der Waals surface area contributed by atoms with Gasteiger partial charge in [-0.05, 0) is 40.2 Å². The van der Waals surface area contributed by atoms with Crippen LogP contribution in [-0.2, 0) is 22.6 Å². The standard InChI is InChI=1S/C20H28F3N5O6S/c1-10-12(9-27(16(24)30)25-17(31)34-19(3,4)5)35-15-13(10)14(29)28(11(2)20(21,22)23)18(32)26(15)7-8-33-6/h11H,7-9H2,1-6H3,(H2,24,30)(H,25,31). The van der Waals surface area contributed by atoms with Crippen molar-refractivity contribution in [1.29, 1.82) is 0 Å². The summed E-state index contributed by atoms with van der Waals surface area (Å²) in [6, 6.07) is -3.42. The molecule has 1 unspecified atom stereocenters. The van der Waals surface area contributed by atoms with Crippen molar-refractivity contribution in [3.05, 3.63) is 31.3 Å². The molecule has 1 atom stereocenters. The minimum atomic E-state index is -4.84. The van der Waals surface area contributed by atoms with Crippen molar-refractivity contribution >= 4 is 33.7 Å². The van der Waals surface area contributed by atoms with Gasteiger partial charge in [0.2, 0.25) is 0 Å². The van der Waals surface area contributed by atoms with Gasteiger partial charge in [0.1, 0.15) is 16.5 Å². The van der Waals surface area contributed by atoms with Gasteiger partial charge >= 0.3 is 24.0 Å². The van der Waals surface area contributed by atoms with Gasteiger partial charge in [0.05, 0.1) is 25.1 Å². The second-order valence-electron chi connectivity index (χ2n) is 8.69. The number of ether oxygens (including phenoxy) is 2. The SMILES string of the molecule is COCCn1c(=O)n(C(C)C(F)(F)F)c(=O)c2c(C)c(CN(NC(=O)OC(C)(C)C)C(N)=O)sc21. The van der Waals surface area contributed by atoms with Gasteiger partial charge in [-0.3, -0.25) is 9.36 Å². The predicted molar refractivity (Wildman–Crippen MR) is 122 cm³/mol. The van der Waals surface area contributed by atoms with E-state index < -0.39 is 41.2 Å². The van der Waals surface area contributed by atoms with Crippen LogP contribution in [0.25, 0.3) is 10.2 Å². The molecule has 0 aromatic carbocycles. The number of urea groups is 1. The molecule has 0 saturated carbocycles. The summed E-state index contributed by atoms with van der Waals surface area (Å²) in [6.45, 7) is 6.58. The first-order valence-electron chi connectivity index (χ1n) is 10.4. The van der Waals surface area contributed by atoms with Crippen LogP contribution in [-0.4, -0.2) is 51.8 Å². The van der Waals surface area contributed by atoms with E-state index in [9.17, 15) is 32.3 Å². The molecule has 15 heteroatoms. The lowest BCUT2D eigenvalue weighted by Crippen LogP contribution is -2.49. The molecule has 196 valence electrons. The van der Waals surface area contributed by atoms with Crippen LogP contribution < -0.4 is 22.4 Å². The molecule has 0 saturated heterocycles. The Morgan fingerprint density at radius 3 is 2.31 bits per heavy atom. The number of amides is 3. The van der Waals surface area contributed by atoms with E-state index in [1.807, 2.05) is 0 Å². The number of hydrogen-bond donors (Lipinski definition) is 2. The Kier molecular flexibility index (Phi) is 8.27. The molecular formula is C20H28F3N5O6S. The lowest BCUT2D eigenvalue weighted by molar-refractivity contribution is -0.164. The monoisotopic (exact) mass is 523 g/mol. The van der Waals surface area contributed by atoms with Crippen molar-refractivity contribution in [2.45, 2.75) is 65.5 Å². The number of alkyl halides is 3. The Bertz CT molecular complexity index is 1230. The van der Waals surface area contributed by atoms with Crippen LogP contribution in [0.4, 0.5) is 22.8 Å². The number of primary amides is 1. The molecular weight excluding hydrogens is 495 g/mol. The highest BCUT2D eigenvalue weighted by atomic mass is 32.1. The second-order valence-corrected chi connectivity index (χ2v) is 9.77. The molecule has 35 heavy (non-hydrogen) atoms. The first-order chi connectivity index (χ1) is 16.0. The average molecular weight is 524 g/mol. The van der Waals surface area contributed by atoms with Gasteiger partial charge in [-0.25, -0.2) is 29.4 Å². The summed E-state index contributed by atoms with van der Waals surface area (Å²) in [5.74, 6) is 0. The highest BCUT2D eigenvalue weighted by Gasteiger charge is 2.40. The summed E-state index contributed by atoms with van der Waals surface area (Å²) in [4.78, 5) is 50.5. The van der Waals surface area contributed by atoms with E-state index in [4.69, 9.17) is 15.2 Å². The highest BCUT2D eigenvalue weighted by molar-refractivity contribution is 7.18. The van der Waals surface area contributed by atoms with Gasteiger partial charge in [-0.15, -0.1) is 11.3 Å². The molecule has 11 nitrogen and oxygen atoms in total. The fourth-order valence-corrected chi connectivity index (χ4v) is 4.46. The Balaban J connectivity index is 2.66. The minimum absolute atomic E-state index is 0.00645. The zero-order valence-electron chi connectivity index (χ0n) is 20.1. The fourth-order valence-electron chi connectivity index (χ4n) is 3.16. The summed E-state index contributed by atoms with van der Waals surface area (Å²) >= 11 is 0.914. The van der Waals surface area contributed by atoms with E-state index in [1.54, 1.807) is 20.8 Å². The number of aryl methyl sites for hydroxylation is 1. The second kappa shape index (κ2) is 10.3. The predicted octanol–water partition coefficient (Wildman–Crippen LogP) is 2.62. The summed E-state index contributed by atoms with van der Waals surface area (Å²) in [5, 5.41) is 0.624. The third-order valence-corrected chi connectivity index (χ3v) is 6.21. The maximum absolute atomic E-state index is 13.4. The number of halogens is 3. The molecule has 0 spiro atoms. The van der Waals surface area contributed by atoms with Gasteiger partial charge in [-0.2, -0.15) is 13.2 Å². The fraction of sp³-hybridized carbons (Fsp3) is 0.600. The molecule has 3 N–H and O–H groups in total. The lowest BCUT2D eigenvalue weighted by Gasteiger charge is -2.24. The van der Waals surface area contributed by atoms with Crippen LogP contribution in [0.5, 0.6) is 0 Å². The summed E-state index contributed by atoms with van der Waals surface area (Å²) in [7, 11) is 1.36. The molecule has 0 aliphatic rings. The van der Waals surface area contributed by atoms with Crippen molar-refractivity contribution in [2.24, 2.45) is 5.73 Å². The molecule has 0 aliphatic carbocycles. The van der Waals surface area contributed by atoms with Crippen LogP contribution >= 0.6 is 11.3 Å². The normalized spacial score (nSPS) is 13.1. The van der Waals surface area contributed by atoms with Gasteiger partial charge in [0, 0.05) is 12.0 Å². The Morgan fingerprint density at radius 1 is 1.23 bits per heavy atom. The molecule has 2 aromatic rings. The number of nitrogens with two attached hydrogens (primary N) is 1. The van der Waals surface area contributed by atoms with E-state index in [2.05, 4.69) is 5.43 Å². The quantitative estimate of drug-likeness (QED) is 0.559. The van der Waals surface area contributed by atoms with E-state index >= 15 is 0 Å². The number of nitrogens with one attached hydrogen (secondary N) is 1. The maximum Gasteiger partial charge on any atom is 0.426 e. The third kappa shape index (κ3) is 6.33. The van der Waals surface area contributed by atoms with Crippen molar-refractivity contribution in [3.8, 4) is 0 Å². The topological polar surface area (TPSA) is 138 Å². The average Bonchev–Trinajstić information content (AvgIpc) is 3.01. The number of carbonyl (C=O) groups excluding carboxylic acids is 2. The van der Waals surface area contributed by atoms with Gasteiger partial charge in [0.15, 0.2) is 0 Å². The van der Waals surface area contributed by atoms with Crippen LogP contribution in [0.15, 0.2) is 9.59 Å². The molecule has 0 radical (unpaired) electrons. The number of aromatic nitrogens is 2. The number of nitrogens with zero attached hydrogens (tertiary/aromatic N) is 3. The smallest absolute Gasteiger partial charge is 0.426 e. The highest BCUT2D eigenvalue weighted by Crippen LogP contribution is 2.32. The Hall–Kier alpha value is -3.07. The molecule has 2 rings (SSSR count).